The first kappa shape index (κ1) is 34.8. The molecule has 1 aliphatic rings. The molecule has 4 aromatic heterocycles. The zero-order valence-electron chi connectivity index (χ0n) is 27.5. The number of piperazine rings is 1. The Morgan fingerprint density at radius 2 is 1.85 bits per heavy atom. The predicted octanol–water partition coefficient (Wildman–Crippen LogP) is 4.81. The van der Waals surface area contributed by atoms with Gasteiger partial charge in [0.05, 0.1) is 33.2 Å². The minimum absolute atomic E-state index is 0.0273. The number of benzene rings is 2. The highest BCUT2D eigenvalue weighted by Gasteiger charge is 2.32. The molecular formula is C33H28ClF3N10O4S. The number of carbonyl (C=O) groups excluding carboxylic acids is 2. The van der Waals surface area contributed by atoms with E-state index < -0.39 is 35.7 Å². The number of rotatable bonds is 7. The maximum atomic E-state index is 14.3. The molecule has 2 amide bonds. The van der Waals surface area contributed by atoms with E-state index in [1.165, 1.54) is 22.8 Å². The number of fused-ring (bicyclic) bond motifs is 2. The number of hydrogen-bond acceptors (Lipinski definition) is 11. The number of aromatic nitrogens is 7. The number of amides is 2. The fourth-order valence-corrected chi connectivity index (χ4v) is 6.96. The van der Waals surface area contributed by atoms with E-state index in [1.807, 2.05) is 24.4 Å². The van der Waals surface area contributed by atoms with Crippen LogP contribution < -0.4 is 15.8 Å². The van der Waals surface area contributed by atoms with Crippen LogP contribution in [0.2, 0.25) is 5.02 Å². The summed E-state index contributed by atoms with van der Waals surface area (Å²) in [6.45, 7) is 3.80. The average Bonchev–Trinajstić information content (AvgIpc) is 3.79. The largest absolute Gasteiger partial charge is 0.504 e. The number of carbonyl (C=O) groups is 2. The lowest BCUT2D eigenvalue weighted by molar-refractivity contribution is -0.137. The molecule has 19 heteroatoms. The van der Waals surface area contributed by atoms with Gasteiger partial charge in [0.1, 0.15) is 18.6 Å². The van der Waals surface area contributed by atoms with E-state index >= 15 is 0 Å². The first-order valence-electron chi connectivity index (χ1n) is 15.9. The fourth-order valence-electron chi connectivity index (χ4n) is 6.10. The van der Waals surface area contributed by atoms with Gasteiger partial charge in [-0.3, -0.25) is 14.4 Å². The Bertz CT molecular complexity index is 2440. The van der Waals surface area contributed by atoms with E-state index in [1.54, 1.807) is 22.5 Å². The summed E-state index contributed by atoms with van der Waals surface area (Å²) in [5.41, 5.74) is 0.757. The van der Waals surface area contributed by atoms with E-state index in [-0.39, 0.29) is 77.7 Å². The molecule has 2 aromatic carbocycles. The molecule has 1 aliphatic heterocycles. The van der Waals surface area contributed by atoms with Gasteiger partial charge in [-0.05, 0) is 61.3 Å². The molecule has 0 bridgehead atoms. The third kappa shape index (κ3) is 6.38. The molecule has 0 spiro atoms. The lowest BCUT2D eigenvalue weighted by atomic mass is 10.1. The van der Waals surface area contributed by atoms with Gasteiger partial charge in [0, 0.05) is 42.5 Å². The summed E-state index contributed by atoms with van der Waals surface area (Å²) < 4.78 is 46.7. The van der Waals surface area contributed by atoms with Crippen LogP contribution in [0.5, 0.6) is 5.75 Å². The Morgan fingerprint density at radius 1 is 1.08 bits per heavy atom. The molecule has 14 nitrogen and oxygen atoms in total. The molecule has 52 heavy (non-hydrogen) atoms. The minimum Gasteiger partial charge on any atom is -0.504 e. The van der Waals surface area contributed by atoms with E-state index in [4.69, 9.17) is 11.6 Å². The van der Waals surface area contributed by atoms with Crippen LogP contribution in [0.3, 0.4) is 0 Å². The van der Waals surface area contributed by atoms with Gasteiger partial charge >= 0.3 is 6.18 Å². The zero-order valence-corrected chi connectivity index (χ0v) is 29.1. The molecule has 268 valence electrons. The Morgan fingerprint density at radius 3 is 2.56 bits per heavy atom. The van der Waals surface area contributed by atoms with Crippen LogP contribution in [0, 0.1) is 6.92 Å². The van der Waals surface area contributed by atoms with E-state index in [9.17, 15) is 32.7 Å². The van der Waals surface area contributed by atoms with Gasteiger partial charge in [-0.1, -0.05) is 18.5 Å². The van der Waals surface area contributed by atoms with Gasteiger partial charge in [0.15, 0.2) is 17.3 Å². The first-order valence-corrected chi connectivity index (χ1v) is 17.1. The Kier molecular flexibility index (Phi) is 9.04. The van der Waals surface area contributed by atoms with E-state index in [0.717, 1.165) is 33.6 Å². The second-order valence-corrected chi connectivity index (χ2v) is 13.0. The Hall–Kier alpha value is -5.62. The van der Waals surface area contributed by atoms with Crippen molar-refractivity contribution in [1.82, 2.24) is 38.4 Å². The van der Waals surface area contributed by atoms with Crippen LogP contribution in [0.1, 0.15) is 34.4 Å². The van der Waals surface area contributed by atoms with Crippen molar-refractivity contribution in [1.29, 1.82) is 0 Å². The standard InChI is InChI=1S/C33H28ClF3N10O4S/c1-3-24-27(44-8-10-45(11-9-44)30(50)26-28(49)17(2)38-16-39-26)31(51)47-32(41-29(42-47)18-4-6-22-19(12-18)15-52-43-22)46(24)14-25(48)40-23-7-5-20(13-21(23)34)33(35,36)37/h4-7,12-13,15-16,49H,3,8-11,14H2,1-2H3,(H,40,48). The normalized spacial score (nSPS) is 13.7. The van der Waals surface area contributed by atoms with Crippen LogP contribution in [-0.4, -0.2) is 81.5 Å². The molecule has 5 heterocycles. The van der Waals surface area contributed by atoms with Crippen molar-refractivity contribution in [3.8, 4) is 17.1 Å². The molecule has 6 aromatic rings. The summed E-state index contributed by atoms with van der Waals surface area (Å²) >= 11 is 7.42. The number of nitrogens with zero attached hydrogens (tertiary/aromatic N) is 9. The molecule has 2 N–H and O–H groups in total. The van der Waals surface area contributed by atoms with E-state index in [0.29, 0.717) is 11.3 Å². The average molecular weight is 753 g/mol. The van der Waals surface area contributed by atoms with Gasteiger partial charge in [-0.25, -0.2) is 9.97 Å². The molecule has 1 saturated heterocycles. The summed E-state index contributed by atoms with van der Waals surface area (Å²) in [5, 5.41) is 20.0. The molecule has 7 rings (SSSR count). The second-order valence-electron chi connectivity index (χ2n) is 12.0. The maximum absolute atomic E-state index is 14.3. The summed E-state index contributed by atoms with van der Waals surface area (Å²) in [5.74, 6) is -1.13. The number of anilines is 2. The molecule has 0 aliphatic carbocycles. The van der Waals surface area contributed by atoms with E-state index in [2.05, 4.69) is 29.7 Å². The third-order valence-electron chi connectivity index (χ3n) is 8.74. The quantitative estimate of drug-likeness (QED) is 0.232. The van der Waals surface area contributed by atoms with Gasteiger partial charge in [0.25, 0.3) is 11.5 Å². The molecular weight excluding hydrogens is 725 g/mol. The third-order valence-corrected chi connectivity index (χ3v) is 9.71. The summed E-state index contributed by atoms with van der Waals surface area (Å²) in [4.78, 5) is 57.0. The second kappa shape index (κ2) is 13.5. The highest BCUT2D eigenvalue weighted by molar-refractivity contribution is 7.04. The summed E-state index contributed by atoms with van der Waals surface area (Å²) in [6.07, 6.45) is -3.14. The smallest absolute Gasteiger partial charge is 0.416 e. The Labute approximate surface area is 301 Å². The number of aryl methyl sites for hydroxylation is 1. The van der Waals surface area contributed by atoms with Gasteiger partial charge in [-0.15, -0.1) is 5.10 Å². The van der Waals surface area contributed by atoms with Crippen molar-refractivity contribution < 1.29 is 27.9 Å². The molecule has 0 radical (unpaired) electrons. The van der Waals surface area contributed by atoms with Crippen molar-refractivity contribution in [2.75, 3.05) is 36.4 Å². The lowest BCUT2D eigenvalue weighted by Crippen LogP contribution is -2.51. The predicted molar refractivity (Wildman–Crippen MR) is 187 cm³/mol. The molecule has 0 atom stereocenters. The summed E-state index contributed by atoms with van der Waals surface area (Å²) in [7, 11) is 0. The fraction of sp³-hybridized carbons (Fsp3) is 0.273. The van der Waals surface area contributed by atoms with Crippen LogP contribution >= 0.6 is 23.1 Å². The number of aromatic hydroxyl groups is 1. The first-order chi connectivity index (χ1) is 24.8. The monoisotopic (exact) mass is 752 g/mol. The van der Waals surface area contributed by atoms with Gasteiger partial charge in [-0.2, -0.15) is 27.0 Å². The van der Waals surface area contributed by atoms with Crippen molar-refractivity contribution >= 4 is 63.0 Å². The van der Waals surface area contributed by atoms with Crippen LogP contribution in [0.15, 0.2) is 52.9 Å². The molecule has 1 fully saturated rings. The number of nitrogens with one attached hydrogen (secondary N) is 1. The number of alkyl halides is 3. The van der Waals surface area contributed by atoms with Gasteiger partial charge in [0.2, 0.25) is 11.7 Å². The number of hydrogen-bond donors (Lipinski definition) is 2. The highest BCUT2D eigenvalue weighted by atomic mass is 35.5. The van der Waals surface area contributed by atoms with Crippen LogP contribution in [0.25, 0.3) is 28.1 Å². The van der Waals surface area contributed by atoms with Crippen molar-refractivity contribution in [2.45, 2.75) is 33.0 Å². The minimum atomic E-state index is -4.62. The zero-order chi connectivity index (χ0) is 36.9. The van der Waals surface area contributed by atoms with Crippen molar-refractivity contribution in [2.24, 2.45) is 0 Å². The van der Waals surface area contributed by atoms with Crippen molar-refractivity contribution in [3.63, 3.8) is 0 Å². The molecule has 0 unspecified atom stereocenters. The highest BCUT2D eigenvalue weighted by Crippen LogP contribution is 2.34. The van der Waals surface area contributed by atoms with Crippen LogP contribution in [-0.2, 0) is 23.9 Å². The molecule has 0 saturated carbocycles. The Balaban J connectivity index is 1.26. The lowest BCUT2D eigenvalue weighted by Gasteiger charge is -2.36. The van der Waals surface area contributed by atoms with Gasteiger partial charge < -0.3 is 24.8 Å². The topological polar surface area (TPSA) is 164 Å². The number of halogens is 4. The van der Waals surface area contributed by atoms with Crippen molar-refractivity contribution in [3.05, 3.63) is 86.1 Å². The SMILES string of the molecule is CCc1c(N2CCN(C(=O)c3ncnc(C)c3O)CC2)c(=O)n2nc(-c3ccc4nscc4c3)nc2n1CC(=O)Nc1ccc(C(F)(F)F)cc1Cl. The maximum Gasteiger partial charge on any atom is 0.416 e. The summed E-state index contributed by atoms with van der Waals surface area (Å²) in [6, 6.07) is 8.05. The van der Waals surface area contributed by atoms with Crippen LogP contribution in [0.4, 0.5) is 24.5 Å².